The molecule has 0 spiro atoms. The second-order valence-electron chi connectivity index (χ2n) is 5.59. The van der Waals surface area contributed by atoms with Crippen LogP contribution in [0.1, 0.15) is 11.3 Å². The average Bonchev–Trinajstić information content (AvgIpc) is 2.98. The Balaban J connectivity index is 2.00. The van der Waals surface area contributed by atoms with Gasteiger partial charge < -0.3 is 8.82 Å². The van der Waals surface area contributed by atoms with Crippen molar-refractivity contribution in [3.05, 3.63) is 58.3 Å². The van der Waals surface area contributed by atoms with E-state index in [1.165, 1.54) is 10.1 Å². The van der Waals surface area contributed by atoms with Gasteiger partial charge >= 0.3 is 5.76 Å². The molecule has 5 heteroatoms. The number of imidazole rings is 1. The highest BCUT2D eigenvalue weighted by Gasteiger charge is 2.13. The molecular weight excluding hydrogens is 278 g/mol. The molecule has 3 aromatic heterocycles. The van der Waals surface area contributed by atoms with E-state index in [0.717, 1.165) is 28.1 Å². The van der Waals surface area contributed by atoms with Gasteiger partial charge in [-0.1, -0.05) is 6.07 Å². The summed E-state index contributed by atoms with van der Waals surface area (Å²) in [6, 6.07) is 9.77. The minimum atomic E-state index is -0.352. The summed E-state index contributed by atoms with van der Waals surface area (Å²) in [5.74, 6) is -0.352. The van der Waals surface area contributed by atoms with Crippen LogP contribution in [0.4, 0.5) is 0 Å². The third-order valence-electron chi connectivity index (χ3n) is 4.07. The smallest absolute Gasteiger partial charge is 0.408 e. The fraction of sp³-hybridized carbons (Fsp3) is 0.176. The highest BCUT2D eigenvalue weighted by Crippen LogP contribution is 2.27. The maximum atomic E-state index is 11.6. The summed E-state index contributed by atoms with van der Waals surface area (Å²) in [6.45, 7) is 4.11. The van der Waals surface area contributed by atoms with Gasteiger partial charge in [0, 0.05) is 24.5 Å². The van der Waals surface area contributed by atoms with E-state index in [4.69, 9.17) is 9.40 Å². The number of fused-ring (bicyclic) bond motifs is 2. The first kappa shape index (κ1) is 12.9. The SMILES string of the molecule is Cc1ccc2nc(-c3ccc4oc(=O)n(C)c4c3)c(C)n2c1. The van der Waals surface area contributed by atoms with Crippen molar-refractivity contribution in [1.82, 2.24) is 14.0 Å². The zero-order valence-electron chi connectivity index (χ0n) is 12.6. The number of benzene rings is 1. The highest BCUT2D eigenvalue weighted by molar-refractivity contribution is 5.81. The lowest BCUT2D eigenvalue weighted by molar-refractivity contribution is 0.528. The van der Waals surface area contributed by atoms with Crippen molar-refractivity contribution in [2.45, 2.75) is 13.8 Å². The van der Waals surface area contributed by atoms with Gasteiger partial charge in [-0.15, -0.1) is 0 Å². The predicted molar refractivity (Wildman–Crippen MR) is 85.1 cm³/mol. The van der Waals surface area contributed by atoms with E-state index in [0.29, 0.717) is 5.58 Å². The minimum Gasteiger partial charge on any atom is -0.408 e. The zero-order valence-corrected chi connectivity index (χ0v) is 12.6. The lowest BCUT2D eigenvalue weighted by Crippen LogP contribution is -2.08. The minimum absolute atomic E-state index is 0.352. The number of aromatic nitrogens is 3. The molecule has 0 aliphatic carbocycles. The van der Waals surface area contributed by atoms with Crippen molar-refractivity contribution in [2.75, 3.05) is 0 Å². The second-order valence-corrected chi connectivity index (χ2v) is 5.59. The Hall–Kier alpha value is -2.82. The lowest BCUT2D eigenvalue weighted by Gasteiger charge is -2.01. The average molecular weight is 293 g/mol. The van der Waals surface area contributed by atoms with E-state index in [-0.39, 0.29) is 5.76 Å². The third-order valence-corrected chi connectivity index (χ3v) is 4.07. The van der Waals surface area contributed by atoms with Crippen LogP contribution in [-0.4, -0.2) is 14.0 Å². The van der Waals surface area contributed by atoms with Gasteiger partial charge in [0.1, 0.15) is 5.65 Å². The molecule has 0 fully saturated rings. The van der Waals surface area contributed by atoms with E-state index in [1.807, 2.05) is 31.2 Å². The van der Waals surface area contributed by atoms with Crippen molar-refractivity contribution in [3.63, 3.8) is 0 Å². The summed E-state index contributed by atoms with van der Waals surface area (Å²) in [6.07, 6.45) is 2.08. The molecule has 0 aliphatic rings. The number of pyridine rings is 1. The van der Waals surface area contributed by atoms with Crippen molar-refractivity contribution >= 4 is 16.7 Å². The largest absolute Gasteiger partial charge is 0.419 e. The molecule has 0 radical (unpaired) electrons. The number of nitrogens with zero attached hydrogens (tertiary/aromatic N) is 3. The number of hydrogen-bond acceptors (Lipinski definition) is 3. The molecule has 0 bridgehead atoms. The molecule has 0 unspecified atom stereocenters. The molecule has 5 nitrogen and oxygen atoms in total. The molecule has 110 valence electrons. The number of oxazole rings is 1. The normalized spacial score (nSPS) is 11.6. The maximum absolute atomic E-state index is 11.6. The van der Waals surface area contributed by atoms with Crippen molar-refractivity contribution in [3.8, 4) is 11.3 Å². The van der Waals surface area contributed by atoms with E-state index in [1.54, 1.807) is 7.05 Å². The summed E-state index contributed by atoms with van der Waals surface area (Å²) in [7, 11) is 1.71. The first-order valence-electron chi connectivity index (χ1n) is 7.10. The molecule has 0 saturated heterocycles. The Morgan fingerprint density at radius 2 is 1.95 bits per heavy atom. The summed E-state index contributed by atoms with van der Waals surface area (Å²) in [5, 5.41) is 0. The zero-order chi connectivity index (χ0) is 15.4. The van der Waals surface area contributed by atoms with Gasteiger partial charge in [-0.2, -0.15) is 0 Å². The van der Waals surface area contributed by atoms with Gasteiger partial charge in [-0.3, -0.25) is 4.57 Å². The molecule has 0 aliphatic heterocycles. The van der Waals surface area contributed by atoms with E-state index >= 15 is 0 Å². The van der Waals surface area contributed by atoms with Crippen LogP contribution in [0.2, 0.25) is 0 Å². The highest BCUT2D eigenvalue weighted by atomic mass is 16.4. The molecule has 0 atom stereocenters. The van der Waals surface area contributed by atoms with Crippen LogP contribution in [0.15, 0.2) is 45.7 Å². The monoisotopic (exact) mass is 293 g/mol. The van der Waals surface area contributed by atoms with Crippen molar-refractivity contribution in [1.29, 1.82) is 0 Å². The molecule has 22 heavy (non-hydrogen) atoms. The van der Waals surface area contributed by atoms with Gasteiger partial charge in [0.25, 0.3) is 0 Å². The van der Waals surface area contributed by atoms with Crippen molar-refractivity contribution in [2.24, 2.45) is 7.05 Å². The predicted octanol–water partition coefficient (Wildman–Crippen LogP) is 3.06. The van der Waals surface area contributed by atoms with Crippen LogP contribution in [0.5, 0.6) is 0 Å². The fourth-order valence-corrected chi connectivity index (χ4v) is 2.82. The van der Waals surface area contributed by atoms with Gasteiger partial charge in [0.05, 0.1) is 11.2 Å². The lowest BCUT2D eigenvalue weighted by atomic mass is 10.1. The van der Waals surface area contributed by atoms with E-state index in [9.17, 15) is 4.79 Å². The van der Waals surface area contributed by atoms with Crippen LogP contribution < -0.4 is 5.76 Å². The second kappa shape index (κ2) is 4.34. The van der Waals surface area contributed by atoms with Crippen LogP contribution in [0.25, 0.3) is 28.0 Å². The first-order valence-corrected chi connectivity index (χ1v) is 7.10. The van der Waals surface area contributed by atoms with Crippen LogP contribution >= 0.6 is 0 Å². The molecule has 0 N–H and O–H groups in total. The van der Waals surface area contributed by atoms with Gasteiger partial charge in [0.15, 0.2) is 5.58 Å². The number of aryl methyl sites for hydroxylation is 3. The van der Waals surface area contributed by atoms with E-state index in [2.05, 4.69) is 23.6 Å². The number of hydrogen-bond donors (Lipinski definition) is 0. The molecule has 0 saturated carbocycles. The standard InChI is InChI=1S/C17H15N3O2/c1-10-4-7-15-18-16(11(2)20(15)9-10)12-5-6-14-13(8-12)19(3)17(21)22-14/h4-9H,1-3H3. The molecule has 3 heterocycles. The molecule has 0 amide bonds. The summed E-state index contributed by atoms with van der Waals surface area (Å²) in [4.78, 5) is 16.3. The summed E-state index contributed by atoms with van der Waals surface area (Å²) in [5.41, 5.74) is 6.44. The maximum Gasteiger partial charge on any atom is 0.419 e. The summed E-state index contributed by atoms with van der Waals surface area (Å²) < 4.78 is 8.77. The quantitative estimate of drug-likeness (QED) is 0.542. The van der Waals surface area contributed by atoms with Gasteiger partial charge in [-0.25, -0.2) is 9.78 Å². The van der Waals surface area contributed by atoms with Gasteiger partial charge in [0.2, 0.25) is 0 Å². The van der Waals surface area contributed by atoms with Gasteiger partial charge in [-0.05, 0) is 43.7 Å². The molecular formula is C17H15N3O2. The van der Waals surface area contributed by atoms with Crippen LogP contribution in [0, 0.1) is 13.8 Å². The Labute approximate surface area is 126 Å². The first-order chi connectivity index (χ1) is 10.5. The number of rotatable bonds is 1. The van der Waals surface area contributed by atoms with Crippen LogP contribution in [-0.2, 0) is 7.05 Å². The fourth-order valence-electron chi connectivity index (χ4n) is 2.82. The Bertz CT molecular complexity index is 1080. The molecule has 1 aromatic carbocycles. The van der Waals surface area contributed by atoms with Crippen molar-refractivity contribution < 1.29 is 4.42 Å². The summed E-state index contributed by atoms with van der Waals surface area (Å²) >= 11 is 0. The Kier molecular flexibility index (Phi) is 2.54. The van der Waals surface area contributed by atoms with E-state index < -0.39 is 0 Å². The molecule has 4 aromatic rings. The molecule has 4 rings (SSSR count). The van der Waals surface area contributed by atoms with Crippen LogP contribution in [0.3, 0.4) is 0 Å². The topological polar surface area (TPSA) is 52.4 Å². The third kappa shape index (κ3) is 1.72. The Morgan fingerprint density at radius 1 is 1.14 bits per heavy atom. The Morgan fingerprint density at radius 3 is 2.77 bits per heavy atom.